The summed E-state index contributed by atoms with van der Waals surface area (Å²) in [5.74, 6) is 0.229. The number of hydrogen-bond acceptors (Lipinski definition) is 4. The fourth-order valence-electron chi connectivity index (χ4n) is 0.916. The van der Waals surface area contributed by atoms with Crippen LogP contribution in [-0.4, -0.2) is 23.2 Å². The van der Waals surface area contributed by atoms with E-state index in [-0.39, 0.29) is 12.5 Å². The van der Waals surface area contributed by atoms with E-state index in [1.807, 2.05) is 13.0 Å². The Morgan fingerprint density at radius 2 is 2.46 bits per heavy atom. The van der Waals surface area contributed by atoms with Gasteiger partial charge in [-0.2, -0.15) is 0 Å². The van der Waals surface area contributed by atoms with E-state index in [0.29, 0.717) is 12.2 Å². The first-order valence-corrected chi connectivity index (χ1v) is 4.28. The number of pyridine rings is 1. The van der Waals surface area contributed by atoms with Crippen molar-refractivity contribution in [2.75, 3.05) is 24.2 Å². The molecule has 0 aliphatic carbocycles. The molecule has 1 heterocycles. The molecule has 4 heteroatoms. The highest BCUT2D eigenvalue weighted by atomic mass is 16.3. The van der Waals surface area contributed by atoms with Crippen molar-refractivity contribution in [3.63, 3.8) is 0 Å². The van der Waals surface area contributed by atoms with Crippen LogP contribution in [-0.2, 0) is 0 Å². The summed E-state index contributed by atoms with van der Waals surface area (Å²) >= 11 is 0. The topological polar surface area (TPSA) is 71.2 Å². The van der Waals surface area contributed by atoms with Gasteiger partial charge in [-0.3, -0.25) is 4.98 Å². The van der Waals surface area contributed by atoms with E-state index >= 15 is 0 Å². The SMILES string of the molecule is CC(CO)CNc1ccncc1N. The normalized spacial score (nSPS) is 12.5. The van der Waals surface area contributed by atoms with Crippen molar-refractivity contribution in [3.05, 3.63) is 18.5 Å². The lowest BCUT2D eigenvalue weighted by Gasteiger charge is -2.11. The summed E-state index contributed by atoms with van der Waals surface area (Å²) in [6, 6.07) is 1.82. The number of nitrogens with zero attached hydrogens (tertiary/aromatic N) is 1. The number of nitrogens with two attached hydrogens (primary N) is 1. The summed E-state index contributed by atoms with van der Waals surface area (Å²) < 4.78 is 0. The molecule has 0 fully saturated rings. The molecule has 0 saturated carbocycles. The molecule has 1 aromatic rings. The van der Waals surface area contributed by atoms with E-state index < -0.39 is 0 Å². The van der Waals surface area contributed by atoms with Gasteiger partial charge in [-0.15, -0.1) is 0 Å². The van der Waals surface area contributed by atoms with Crippen LogP contribution in [0.2, 0.25) is 0 Å². The first-order valence-electron chi connectivity index (χ1n) is 4.28. The third kappa shape index (κ3) is 2.91. The van der Waals surface area contributed by atoms with Gasteiger partial charge in [0.25, 0.3) is 0 Å². The standard InChI is InChI=1S/C9H15N3O/c1-7(6-13)4-12-9-2-3-11-5-8(9)10/h2-3,5,7,13H,4,6,10H2,1H3,(H,11,12). The Balaban J connectivity index is 2.50. The molecule has 4 nitrogen and oxygen atoms in total. The van der Waals surface area contributed by atoms with E-state index in [9.17, 15) is 0 Å². The number of aliphatic hydroxyl groups is 1. The van der Waals surface area contributed by atoms with E-state index in [1.165, 1.54) is 0 Å². The third-order valence-electron chi connectivity index (χ3n) is 1.80. The third-order valence-corrected chi connectivity index (χ3v) is 1.80. The van der Waals surface area contributed by atoms with Gasteiger partial charge >= 0.3 is 0 Å². The Morgan fingerprint density at radius 1 is 1.69 bits per heavy atom. The molecular formula is C9H15N3O. The summed E-state index contributed by atoms with van der Waals surface area (Å²) in [6.07, 6.45) is 3.29. The van der Waals surface area contributed by atoms with Gasteiger partial charge in [0.15, 0.2) is 0 Å². The van der Waals surface area contributed by atoms with Gasteiger partial charge in [0.1, 0.15) is 0 Å². The Labute approximate surface area is 77.8 Å². The van der Waals surface area contributed by atoms with E-state index in [2.05, 4.69) is 10.3 Å². The largest absolute Gasteiger partial charge is 0.396 e. The van der Waals surface area contributed by atoms with Gasteiger partial charge in [-0.05, 0) is 12.0 Å². The second-order valence-electron chi connectivity index (χ2n) is 3.13. The van der Waals surface area contributed by atoms with Gasteiger partial charge in [0, 0.05) is 19.3 Å². The molecule has 0 aliphatic heterocycles. The maximum absolute atomic E-state index is 8.80. The maximum Gasteiger partial charge on any atom is 0.0736 e. The quantitative estimate of drug-likeness (QED) is 0.639. The molecule has 0 aromatic carbocycles. The number of hydrogen-bond donors (Lipinski definition) is 3. The first kappa shape index (κ1) is 9.80. The average Bonchev–Trinajstić information content (AvgIpc) is 2.16. The molecular weight excluding hydrogens is 166 g/mol. The van der Waals surface area contributed by atoms with Crippen molar-refractivity contribution >= 4 is 11.4 Å². The number of aliphatic hydroxyl groups excluding tert-OH is 1. The molecule has 1 rings (SSSR count). The monoisotopic (exact) mass is 181 g/mol. The molecule has 0 amide bonds. The Hall–Kier alpha value is -1.29. The molecule has 1 aromatic heterocycles. The molecule has 13 heavy (non-hydrogen) atoms. The predicted molar refractivity (Wildman–Crippen MR) is 53.4 cm³/mol. The number of nitrogen functional groups attached to an aromatic ring is 1. The predicted octanol–water partition coefficient (Wildman–Crippen LogP) is 0.704. The molecule has 0 radical (unpaired) electrons. The molecule has 0 bridgehead atoms. The zero-order valence-electron chi connectivity index (χ0n) is 7.70. The van der Waals surface area contributed by atoms with Crippen LogP contribution in [0.25, 0.3) is 0 Å². The van der Waals surface area contributed by atoms with Crippen molar-refractivity contribution in [1.82, 2.24) is 4.98 Å². The highest BCUT2D eigenvalue weighted by Gasteiger charge is 2.01. The zero-order valence-corrected chi connectivity index (χ0v) is 7.70. The molecule has 4 N–H and O–H groups in total. The molecule has 1 unspecified atom stereocenters. The van der Waals surface area contributed by atoms with Crippen LogP contribution < -0.4 is 11.1 Å². The Bertz CT molecular complexity index is 265. The van der Waals surface area contributed by atoms with Gasteiger partial charge in [0.05, 0.1) is 17.6 Å². The van der Waals surface area contributed by atoms with Crippen LogP contribution in [0, 0.1) is 5.92 Å². The smallest absolute Gasteiger partial charge is 0.0736 e. The van der Waals surface area contributed by atoms with Crippen LogP contribution in [0.4, 0.5) is 11.4 Å². The summed E-state index contributed by atoms with van der Waals surface area (Å²) in [5.41, 5.74) is 7.16. The van der Waals surface area contributed by atoms with Crippen LogP contribution in [0.1, 0.15) is 6.92 Å². The first-order chi connectivity index (χ1) is 6.24. The summed E-state index contributed by atoms with van der Waals surface area (Å²) in [6.45, 7) is 2.85. The minimum Gasteiger partial charge on any atom is -0.396 e. The van der Waals surface area contributed by atoms with Crippen molar-refractivity contribution in [2.45, 2.75) is 6.92 Å². The molecule has 0 saturated heterocycles. The summed E-state index contributed by atoms with van der Waals surface area (Å²) in [4.78, 5) is 3.88. The fourth-order valence-corrected chi connectivity index (χ4v) is 0.916. The molecule has 1 atom stereocenters. The highest BCUT2D eigenvalue weighted by molar-refractivity contribution is 5.64. The lowest BCUT2D eigenvalue weighted by Crippen LogP contribution is -2.15. The van der Waals surface area contributed by atoms with Crippen LogP contribution in [0.3, 0.4) is 0 Å². The van der Waals surface area contributed by atoms with Crippen molar-refractivity contribution < 1.29 is 5.11 Å². The van der Waals surface area contributed by atoms with Crippen LogP contribution in [0.5, 0.6) is 0 Å². The molecule has 0 aliphatic rings. The number of aromatic nitrogens is 1. The van der Waals surface area contributed by atoms with Crippen LogP contribution in [0.15, 0.2) is 18.5 Å². The van der Waals surface area contributed by atoms with Gasteiger partial charge in [-0.25, -0.2) is 0 Å². The van der Waals surface area contributed by atoms with E-state index in [4.69, 9.17) is 10.8 Å². The van der Waals surface area contributed by atoms with E-state index in [0.717, 1.165) is 5.69 Å². The Kier molecular flexibility index (Phi) is 3.52. The van der Waals surface area contributed by atoms with Crippen molar-refractivity contribution in [2.24, 2.45) is 5.92 Å². The van der Waals surface area contributed by atoms with Crippen molar-refractivity contribution in [3.8, 4) is 0 Å². The van der Waals surface area contributed by atoms with Crippen molar-refractivity contribution in [1.29, 1.82) is 0 Å². The summed E-state index contributed by atoms with van der Waals surface area (Å²) in [7, 11) is 0. The van der Waals surface area contributed by atoms with Crippen LogP contribution >= 0.6 is 0 Å². The second-order valence-corrected chi connectivity index (χ2v) is 3.13. The Morgan fingerprint density at radius 3 is 3.08 bits per heavy atom. The second kappa shape index (κ2) is 4.67. The van der Waals surface area contributed by atoms with Gasteiger partial charge < -0.3 is 16.2 Å². The highest BCUT2D eigenvalue weighted by Crippen LogP contribution is 2.15. The van der Waals surface area contributed by atoms with Gasteiger partial charge in [-0.1, -0.05) is 6.92 Å². The lowest BCUT2D eigenvalue weighted by molar-refractivity contribution is 0.244. The zero-order chi connectivity index (χ0) is 9.68. The number of nitrogens with one attached hydrogen (secondary N) is 1. The van der Waals surface area contributed by atoms with Gasteiger partial charge in [0.2, 0.25) is 0 Å². The minimum atomic E-state index is 0.179. The summed E-state index contributed by atoms with van der Waals surface area (Å²) in [5, 5.41) is 11.9. The average molecular weight is 181 g/mol. The lowest BCUT2D eigenvalue weighted by atomic mass is 10.2. The fraction of sp³-hybridized carbons (Fsp3) is 0.444. The minimum absolute atomic E-state index is 0.179. The molecule has 72 valence electrons. The number of rotatable bonds is 4. The number of anilines is 2. The maximum atomic E-state index is 8.80. The van der Waals surface area contributed by atoms with E-state index in [1.54, 1.807) is 12.4 Å². The molecule has 0 spiro atoms.